The van der Waals surface area contributed by atoms with Gasteiger partial charge in [-0.1, -0.05) is 0 Å². The van der Waals surface area contributed by atoms with E-state index in [1.54, 1.807) is 6.07 Å². The van der Waals surface area contributed by atoms with Crippen LogP contribution in [0.3, 0.4) is 0 Å². The average molecular weight is 212 g/mol. The molecule has 1 aromatic heterocycles. The van der Waals surface area contributed by atoms with Crippen LogP contribution in [0.15, 0.2) is 18.5 Å². The summed E-state index contributed by atoms with van der Waals surface area (Å²) >= 11 is 0. The Hall–Kier alpha value is -1.08. The first-order valence-corrected chi connectivity index (χ1v) is 4.63. The molecule has 1 aliphatic heterocycles. The summed E-state index contributed by atoms with van der Waals surface area (Å²) in [4.78, 5) is 7.85. The van der Waals surface area contributed by atoms with Crippen molar-refractivity contribution in [1.82, 2.24) is 9.97 Å². The lowest BCUT2D eigenvalue weighted by Gasteiger charge is -2.12. The summed E-state index contributed by atoms with van der Waals surface area (Å²) in [6, 6.07) is 1.64. The van der Waals surface area contributed by atoms with Crippen molar-refractivity contribution >= 4 is 0 Å². The maximum absolute atomic E-state index is 9.65. The van der Waals surface area contributed by atoms with E-state index in [0.29, 0.717) is 5.82 Å². The molecule has 0 aliphatic carbocycles. The largest absolute Gasteiger partial charge is 0.394 e. The van der Waals surface area contributed by atoms with E-state index in [4.69, 9.17) is 9.84 Å². The first kappa shape index (κ1) is 10.4. The molecule has 15 heavy (non-hydrogen) atoms. The summed E-state index contributed by atoms with van der Waals surface area (Å²) in [5.74, 6) is 0.306. The molecule has 0 aromatic carbocycles. The number of ether oxygens (including phenoxy) is 1. The molecular formula is C9H12N2O4. The lowest BCUT2D eigenvalue weighted by molar-refractivity contribution is -0.0253. The SMILES string of the molecule is OC[C@@H]1O[C@@H](c2ncccn2)[C@@H](O)[C@H]1O. The predicted molar refractivity (Wildman–Crippen MR) is 48.7 cm³/mol. The van der Waals surface area contributed by atoms with Gasteiger partial charge in [0.25, 0.3) is 0 Å². The van der Waals surface area contributed by atoms with Gasteiger partial charge < -0.3 is 20.1 Å². The first-order chi connectivity index (χ1) is 7.24. The lowest BCUT2D eigenvalue weighted by atomic mass is 10.1. The van der Waals surface area contributed by atoms with E-state index in [2.05, 4.69) is 9.97 Å². The van der Waals surface area contributed by atoms with Gasteiger partial charge in [0.15, 0.2) is 5.82 Å². The molecule has 0 saturated carbocycles. The van der Waals surface area contributed by atoms with Crippen LogP contribution in [-0.4, -0.2) is 50.2 Å². The molecule has 0 radical (unpaired) electrons. The molecule has 1 aliphatic rings. The third-order valence-electron chi connectivity index (χ3n) is 2.38. The minimum Gasteiger partial charge on any atom is -0.394 e. The number of rotatable bonds is 2. The highest BCUT2D eigenvalue weighted by Gasteiger charge is 2.44. The van der Waals surface area contributed by atoms with Gasteiger partial charge in [0.05, 0.1) is 6.61 Å². The fraction of sp³-hybridized carbons (Fsp3) is 0.556. The van der Waals surface area contributed by atoms with Crippen molar-refractivity contribution in [3.63, 3.8) is 0 Å². The van der Waals surface area contributed by atoms with E-state index in [1.165, 1.54) is 12.4 Å². The molecule has 0 bridgehead atoms. The molecule has 1 fully saturated rings. The van der Waals surface area contributed by atoms with Crippen molar-refractivity contribution in [3.8, 4) is 0 Å². The molecule has 2 rings (SSSR count). The van der Waals surface area contributed by atoms with Gasteiger partial charge in [-0.3, -0.25) is 0 Å². The summed E-state index contributed by atoms with van der Waals surface area (Å²) in [7, 11) is 0. The Bertz CT molecular complexity index is 321. The summed E-state index contributed by atoms with van der Waals surface area (Å²) in [6.45, 7) is -0.346. The van der Waals surface area contributed by atoms with Crippen LogP contribution in [-0.2, 0) is 4.74 Å². The number of hydrogen-bond acceptors (Lipinski definition) is 6. The zero-order chi connectivity index (χ0) is 10.8. The molecule has 0 spiro atoms. The van der Waals surface area contributed by atoms with Crippen LogP contribution >= 0.6 is 0 Å². The lowest BCUT2D eigenvalue weighted by Crippen LogP contribution is -2.32. The molecule has 1 aromatic rings. The van der Waals surface area contributed by atoms with Gasteiger partial charge in [-0.25, -0.2) is 9.97 Å². The Balaban J connectivity index is 2.19. The number of hydrogen-bond donors (Lipinski definition) is 3. The molecule has 4 atom stereocenters. The molecule has 0 unspecified atom stereocenters. The van der Waals surface area contributed by atoms with E-state index < -0.39 is 24.4 Å². The van der Waals surface area contributed by atoms with Gasteiger partial charge in [0.2, 0.25) is 0 Å². The standard InChI is InChI=1S/C9H12N2O4/c12-4-5-6(13)7(14)8(15-5)9-10-2-1-3-11-9/h1-3,5-8,12-14H,4H2/t5-,6-,7-,8+/m0/s1. The molecule has 6 heteroatoms. The Morgan fingerprint density at radius 1 is 1.20 bits per heavy atom. The van der Waals surface area contributed by atoms with Crippen LogP contribution in [0.1, 0.15) is 11.9 Å². The fourth-order valence-corrected chi connectivity index (χ4v) is 1.57. The fourth-order valence-electron chi connectivity index (χ4n) is 1.57. The highest BCUT2D eigenvalue weighted by molar-refractivity contribution is 5.02. The second-order valence-corrected chi connectivity index (χ2v) is 3.37. The summed E-state index contributed by atoms with van der Waals surface area (Å²) in [6.07, 6.45) is -0.728. The molecule has 82 valence electrons. The van der Waals surface area contributed by atoms with Crippen LogP contribution in [0.4, 0.5) is 0 Å². The first-order valence-electron chi connectivity index (χ1n) is 4.63. The van der Waals surface area contributed by atoms with Crippen molar-refractivity contribution in [3.05, 3.63) is 24.3 Å². The van der Waals surface area contributed by atoms with Gasteiger partial charge in [-0.15, -0.1) is 0 Å². The van der Waals surface area contributed by atoms with E-state index in [0.717, 1.165) is 0 Å². The third-order valence-corrected chi connectivity index (χ3v) is 2.38. The maximum atomic E-state index is 9.65. The normalized spacial score (nSPS) is 35.7. The Labute approximate surface area is 86.2 Å². The van der Waals surface area contributed by atoms with E-state index in [9.17, 15) is 10.2 Å². The topological polar surface area (TPSA) is 95.7 Å². The van der Waals surface area contributed by atoms with Crippen molar-refractivity contribution in [2.75, 3.05) is 6.61 Å². The van der Waals surface area contributed by atoms with E-state index in [1.807, 2.05) is 0 Å². The molecule has 2 heterocycles. The minimum atomic E-state index is -1.11. The number of aliphatic hydroxyl groups excluding tert-OH is 3. The molecule has 0 amide bonds. The van der Waals surface area contributed by atoms with Gasteiger partial charge in [-0.2, -0.15) is 0 Å². The van der Waals surface area contributed by atoms with Crippen molar-refractivity contribution in [2.45, 2.75) is 24.4 Å². The highest BCUT2D eigenvalue weighted by Crippen LogP contribution is 2.31. The second kappa shape index (κ2) is 4.19. The quantitative estimate of drug-likeness (QED) is 0.560. The van der Waals surface area contributed by atoms with E-state index in [-0.39, 0.29) is 6.61 Å². The second-order valence-electron chi connectivity index (χ2n) is 3.37. The minimum absolute atomic E-state index is 0.306. The van der Waals surface area contributed by atoms with Gasteiger partial charge >= 0.3 is 0 Å². The van der Waals surface area contributed by atoms with E-state index >= 15 is 0 Å². The molecule has 1 saturated heterocycles. The van der Waals surface area contributed by atoms with Gasteiger partial charge in [0, 0.05) is 12.4 Å². The van der Waals surface area contributed by atoms with Crippen LogP contribution in [0.25, 0.3) is 0 Å². The monoisotopic (exact) mass is 212 g/mol. The van der Waals surface area contributed by atoms with Crippen molar-refractivity contribution < 1.29 is 20.1 Å². The summed E-state index contributed by atoms with van der Waals surface area (Å²) < 4.78 is 5.25. The Kier molecular flexibility index (Phi) is 2.92. The van der Waals surface area contributed by atoms with Crippen LogP contribution in [0.2, 0.25) is 0 Å². The Morgan fingerprint density at radius 2 is 1.87 bits per heavy atom. The number of aromatic nitrogens is 2. The highest BCUT2D eigenvalue weighted by atomic mass is 16.6. The zero-order valence-electron chi connectivity index (χ0n) is 7.89. The zero-order valence-corrected chi connectivity index (χ0v) is 7.89. The molecule has 3 N–H and O–H groups in total. The van der Waals surface area contributed by atoms with Crippen LogP contribution < -0.4 is 0 Å². The summed E-state index contributed by atoms with van der Waals surface area (Å²) in [5.41, 5.74) is 0. The van der Waals surface area contributed by atoms with Gasteiger partial charge in [0.1, 0.15) is 24.4 Å². The van der Waals surface area contributed by atoms with Crippen LogP contribution in [0, 0.1) is 0 Å². The molecular weight excluding hydrogens is 200 g/mol. The third kappa shape index (κ3) is 1.84. The van der Waals surface area contributed by atoms with Crippen molar-refractivity contribution in [1.29, 1.82) is 0 Å². The Morgan fingerprint density at radius 3 is 2.40 bits per heavy atom. The summed E-state index contributed by atoms with van der Waals surface area (Å²) in [5, 5.41) is 28.0. The number of nitrogens with zero attached hydrogens (tertiary/aromatic N) is 2. The number of aliphatic hydroxyl groups is 3. The predicted octanol–water partition coefficient (Wildman–Crippen LogP) is -1.37. The van der Waals surface area contributed by atoms with Crippen LogP contribution in [0.5, 0.6) is 0 Å². The maximum Gasteiger partial charge on any atom is 0.159 e. The van der Waals surface area contributed by atoms with Gasteiger partial charge in [-0.05, 0) is 6.07 Å². The molecule has 6 nitrogen and oxygen atoms in total. The smallest absolute Gasteiger partial charge is 0.159 e. The van der Waals surface area contributed by atoms with Crippen molar-refractivity contribution in [2.24, 2.45) is 0 Å². The average Bonchev–Trinajstić information content (AvgIpc) is 2.57.